The summed E-state index contributed by atoms with van der Waals surface area (Å²) in [5.41, 5.74) is 1.33. The van der Waals surface area contributed by atoms with Gasteiger partial charge in [-0.1, -0.05) is 31.2 Å². The Morgan fingerprint density at radius 1 is 1.00 bits per heavy atom. The van der Waals surface area contributed by atoms with Gasteiger partial charge in [-0.2, -0.15) is 0 Å². The Morgan fingerprint density at radius 2 is 1.65 bits per heavy atom. The van der Waals surface area contributed by atoms with Crippen molar-refractivity contribution in [1.82, 2.24) is 0 Å². The molecule has 0 aromatic heterocycles. The van der Waals surface area contributed by atoms with Crippen molar-refractivity contribution in [3.05, 3.63) is 42.0 Å². The van der Waals surface area contributed by atoms with Crippen LogP contribution in [0.4, 0.5) is 0 Å². The van der Waals surface area contributed by atoms with Crippen LogP contribution in [0.1, 0.15) is 18.4 Å². The van der Waals surface area contributed by atoms with E-state index >= 15 is 0 Å². The fraction of sp³-hybridized carbons (Fsp3) is 0.412. The highest BCUT2D eigenvalue weighted by atomic mass is 28.4. The molecule has 0 saturated heterocycles. The highest BCUT2D eigenvalue weighted by Gasteiger charge is 2.16. The zero-order valence-electron chi connectivity index (χ0n) is 13.1. The fourth-order valence-electron chi connectivity index (χ4n) is 2.15. The molecule has 20 heavy (non-hydrogen) atoms. The normalized spacial score (nSPS) is 13.4. The summed E-state index contributed by atoms with van der Waals surface area (Å²) in [4.78, 5) is 0. The second kappa shape index (κ2) is 5.98. The molecule has 0 radical (unpaired) electrons. The predicted octanol–water partition coefficient (Wildman–Crippen LogP) is 4.80. The standard InChI is InChI=1S/C17H24O2Si/c1-13(12-19-20(3,4)5)14-6-7-16-11-17(18-2)9-8-15(16)10-14/h6-11,13H,12H2,1-5H3. The van der Waals surface area contributed by atoms with Crippen LogP contribution in [0.3, 0.4) is 0 Å². The van der Waals surface area contributed by atoms with E-state index in [2.05, 4.69) is 56.9 Å². The second-order valence-corrected chi connectivity index (χ2v) is 10.8. The van der Waals surface area contributed by atoms with Crippen molar-refractivity contribution >= 4 is 19.1 Å². The van der Waals surface area contributed by atoms with Gasteiger partial charge >= 0.3 is 0 Å². The summed E-state index contributed by atoms with van der Waals surface area (Å²) in [7, 11) is 0.264. The smallest absolute Gasteiger partial charge is 0.183 e. The molecule has 0 aliphatic heterocycles. The van der Waals surface area contributed by atoms with Crippen LogP contribution in [0.25, 0.3) is 10.8 Å². The number of fused-ring (bicyclic) bond motifs is 1. The van der Waals surface area contributed by atoms with Crippen molar-refractivity contribution in [3.8, 4) is 5.75 Å². The third-order valence-electron chi connectivity index (χ3n) is 3.41. The first kappa shape index (κ1) is 15.1. The van der Waals surface area contributed by atoms with E-state index < -0.39 is 8.32 Å². The Labute approximate surface area is 122 Å². The number of rotatable bonds is 5. The van der Waals surface area contributed by atoms with E-state index in [0.29, 0.717) is 5.92 Å². The third-order valence-corrected chi connectivity index (χ3v) is 4.44. The quantitative estimate of drug-likeness (QED) is 0.736. The van der Waals surface area contributed by atoms with Crippen LogP contribution in [0.5, 0.6) is 5.75 Å². The van der Waals surface area contributed by atoms with Crippen LogP contribution in [-0.4, -0.2) is 22.0 Å². The maximum atomic E-state index is 6.01. The van der Waals surface area contributed by atoms with Crippen LogP contribution >= 0.6 is 0 Å². The average Bonchev–Trinajstić information content (AvgIpc) is 2.42. The molecule has 108 valence electrons. The minimum Gasteiger partial charge on any atom is -0.497 e. The molecule has 1 atom stereocenters. The molecule has 3 heteroatoms. The van der Waals surface area contributed by atoms with Gasteiger partial charge in [-0.15, -0.1) is 0 Å². The highest BCUT2D eigenvalue weighted by molar-refractivity contribution is 6.69. The zero-order chi connectivity index (χ0) is 14.8. The monoisotopic (exact) mass is 288 g/mol. The molecule has 0 amide bonds. The summed E-state index contributed by atoms with van der Waals surface area (Å²) < 4.78 is 11.3. The summed E-state index contributed by atoms with van der Waals surface area (Å²) >= 11 is 0. The van der Waals surface area contributed by atoms with Gasteiger partial charge in [0.15, 0.2) is 8.32 Å². The summed E-state index contributed by atoms with van der Waals surface area (Å²) in [5.74, 6) is 1.33. The first-order chi connectivity index (χ1) is 9.39. The van der Waals surface area contributed by atoms with E-state index in [9.17, 15) is 0 Å². The Bertz CT molecular complexity index is 587. The lowest BCUT2D eigenvalue weighted by atomic mass is 9.98. The van der Waals surface area contributed by atoms with E-state index in [1.165, 1.54) is 16.3 Å². The van der Waals surface area contributed by atoms with Crippen LogP contribution in [0.2, 0.25) is 19.6 Å². The van der Waals surface area contributed by atoms with Gasteiger partial charge in [0.05, 0.1) is 7.11 Å². The van der Waals surface area contributed by atoms with Gasteiger partial charge in [0.2, 0.25) is 0 Å². The Kier molecular flexibility index (Phi) is 4.51. The van der Waals surface area contributed by atoms with E-state index in [0.717, 1.165) is 12.4 Å². The lowest BCUT2D eigenvalue weighted by molar-refractivity contribution is 0.289. The second-order valence-electron chi connectivity index (χ2n) is 6.30. The zero-order valence-corrected chi connectivity index (χ0v) is 14.1. The van der Waals surface area contributed by atoms with Crippen molar-refractivity contribution in [2.24, 2.45) is 0 Å². The molecule has 0 bridgehead atoms. The van der Waals surface area contributed by atoms with Crippen LogP contribution in [0, 0.1) is 0 Å². The van der Waals surface area contributed by atoms with Crippen molar-refractivity contribution in [2.75, 3.05) is 13.7 Å². The number of hydrogen-bond donors (Lipinski definition) is 0. The molecule has 0 aliphatic rings. The van der Waals surface area contributed by atoms with Gasteiger partial charge in [-0.3, -0.25) is 0 Å². The number of methoxy groups -OCH3 is 1. The number of hydrogen-bond acceptors (Lipinski definition) is 2. The maximum absolute atomic E-state index is 6.01. The van der Waals surface area contributed by atoms with Gasteiger partial charge in [0, 0.05) is 12.5 Å². The molecule has 0 spiro atoms. The molecule has 2 aromatic rings. The van der Waals surface area contributed by atoms with Crippen molar-refractivity contribution in [1.29, 1.82) is 0 Å². The largest absolute Gasteiger partial charge is 0.497 e. The molecule has 0 aliphatic carbocycles. The molecule has 0 N–H and O–H groups in total. The van der Waals surface area contributed by atoms with Gasteiger partial charge in [-0.05, 0) is 48.1 Å². The van der Waals surface area contributed by atoms with Crippen LogP contribution in [0.15, 0.2) is 36.4 Å². The lowest BCUT2D eigenvalue weighted by Crippen LogP contribution is -2.27. The SMILES string of the molecule is COc1ccc2cc(C(C)CO[Si](C)(C)C)ccc2c1. The first-order valence-electron chi connectivity index (χ1n) is 7.11. The first-order valence-corrected chi connectivity index (χ1v) is 10.5. The third kappa shape index (κ3) is 3.84. The summed E-state index contributed by atoms with van der Waals surface area (Å²) in [5, 5.41) is 2.47. The number of ether oxygens (including phenoxy) is 1. The topological polar surface area (TPSA) is 18.5 Å². The molecule has 2 nitrogen and oxygen atoms in total. The minimum atomic E-state index is -1.44. The van der Waals surface area contributed by atoms with Gasteiger partial charge in [-0.25, -0.2) is 0 Å². The predicted molar refractivity (Wildman–Crippen MR) is 88.2 cm³/mol. The van der Waals surface area contributed by atoms with E-state index in [4.69, 9.17) is 9.16 Å². The van der Waals surface area contributed by atoms with Crippen LogP contribution < -0.4 is 4.74 Å². The maximum Gasteiger partial charge on any atom is 0.183 e. The minimum absolute atomic E-state index is 0.424. The fourth-order valence-corrected chi connectivity index (χ4v) is 2.90. The molecule has 0 fully saturated rings. The summed E-state index contributed by atoms with van der Waals surface area (Å²) in [6.07, 6.45) is 0. The average molecular weight is 288 g/mol. The van der Waals surface area contributed by atoms with Crippen molar-refractivity contribution < 1.29 is 9.16 Å². The Balaban J connectivity index is 2.19. The molecule has 2 aromatic carbocycles. The lowest BCUT2D eigenvalue weighted by Gasteiger charge is -2.21. The summed E-state index contributed by atoms with van der Waals surface area (Å²) in [6.45, 7) is 9.72. The Morgan fingerprint density at radius 3 is 2.30 bits per heavy atom. The van der Waals surface area contributed by atoms with Crippen molar-refractivity contribution in [3.63, 3.8) is 0 Å². The summed E-state index contributed by atoms with van der Waals surface area (Å²) in [6, 6.07) is 12.8. The van der Waals surface area contributed by atoms with E-state index in [1.807, 2.05) is 6.07 Å². The van der Waals surface area contributed by atoms with Crippen molar-refractivity contribution in [2.45, 2.75) is 32.5 Å². The van der Waals surface area contributed by atoms with Gasteiger partial charge in [0.1, 0.15) is 5.75 Å². The van der Waals surface area contributed by atoms with Gasteiger partial charge < -0.3 is 9.16 Å². The Hall–Kier alpha value is -1.32. The molecule has 2 rings (SSSR count). The molecule has 1 unspecified atom stereocenters. The molecular weight excluding hydrogens is 264 g/mol. The van der Waals surface area contributed by atoms with Crippen LogP contribution in [-0.2, 0) is 4.43 Å². The van der Waals surface area contributed by atoms with E-state index in [-0.39, 0.29) is 0 Å². The molecule has 0 heterocycles. The molecule has 0 saturated carbocycles. The molecular formula is C17H24O2Si. The number of benzene rings is 2. The van der Waals surface area contributed by atoms with E-state index in [1.54, 1.807) is 7.11 Å². The highest BCUT2D eigenvalue weighted by Crippen LogP contribution is 2.25. The van der Waals surface area contributed by atoms with Gasteiger partial charge in [0.25, 0.3) is 0 Å².